The lowest BCUT2D eigenvalue weighted by Crippen LogP contribution is -2.51. The van der Waals surface area contributed by atoms with Gasteiger partial charge in [-0.15, -0.1) is 0 Å². The Hall–Kier alpha value is -2.90. The second kappa shape index (κ2) is 7.50. The first-order valence-corrected chi connectivity index (χ1v) is 9.54. The SMILES string of the molecule is CC(C)(C)OC(=O)NCC(=O)N1Cc2nc(-c3ccc(F)cc3)cn2C(C)(C)C1. The monoisotopic (exact) mass is 402 g/mol. The number of imidazole rings is 1. The number of ether oxygens (including phenoxy) is 1. The fourth-order valence-corrected chi connectivity index (χ4v) is 3.33. The number of halogens is 1. The number of hydrogen-bond donors (Lipinski definition) is 1. The topological polar surface area (TPSA) is 76.5 Å². The van der Waals surface area contributed by atoms with Crippen LogP contribution in [-0.4, -0.2) is 45.1 Å². The molecule has 1 aliphatic rings. The molecule has 3 rings (SSSR count). The quantitative estimate of drug-likeness (QED) is 0.855. The van der Waals surface area contributed by atoms with Crippen molar-refractivity contribution >= 4 is 12.0 Å². The van der Waals surface area contributed by atoms with Crippen LogP contribution in [0, 0.1) is 5.82 Å². The summed E-state index contributed by atoms with van der Waals surface area (Å²) < 4.78 is 20.4. The van der Waals surface area contributed by atoms with Gasteiger partial charge in [-0.25, -0.2) is 14.2 Å². The average molecular weight is 402 g/mol. The normalized spacial score (nSPS) is 15.6. The molecule has 0 saturated heterocycles. The van der Waals surface area contributed by atoms with E-state index in [-0.39, 0.29) is 23.8 Å². The Labute approximate surface area is 169 Å². The van der Waals surface area contributed by atoms with Crippen molar-refractivity contribution < 1.29 is 18.7 Å². The molecular formula is C21H27FN4O3. The highest BCUT2D eigenvalue weighted by Gasteiger charge is 2.35. The zero-order valence-corrected chi connectivity index (χ0v) is 17.5. The van der Waals surface area contributed by atoms with Gasteiger partial charge < -0.3 is 19.5 Å². The maximum absolute atomic E-state index is 13.2. The summed E-state index contributed by atoms with van der Waals surface area (Å²) in [6.45, 7) is 10.0. The molecule has 2 amide bonds. The Bertz CT molecular complexity index is 913. The van der Waals surface area contributed by atoms with E-state index >= 15 is 0 Å². The van der Waals surface area contributed by atoms with E-state index in [1.165, 1.54) is 12.1 Å². The Balaban J connectivity index is 1.72. The van der Waals surface area contributed by atoms with Gasteiger partial charge in [0.25, 0.3) is 0 Å². The number of rotatable bonds is 3. The first-order valence-electron chi connectivity index (χ1n) is 9.54. The van der Waals surface area contributed by atoms with Crippen LogP contribution >= 0.6 is 0 Å². The van der Waals surface area contributed by atoms with Crippen molar-refractivity contribution in [2.24, 2.45) is 0 Å². The minimum atomic E-state index is -0.623. The Morgan fingerprint density at radius 1 is 1.24 bits per heavy atom. The lowest BCUT2D eigenvalue weighted by molar-refractivity contribution is -0.133. The number of nitrogens with zero attached hydrogens (tertiary/aromatic N) is 3. The number of carbonyl (C=O) groups is 2. The molecule has 2 aromatic rings. The van der Waals surface area contributed by atoms with Crippen LogP contribution in [0.3, 0.4) is 0 Å². The smallest absolute Gasteiger partial charge is 0.408 e. The third-order valence-electron chi connectivity index (χ3n) is 4.62. The molecule has 0 atom stereocenters. The van der Waals surface area contributed by atoms with Gasteiger partial charge in [0, 0.05) is 18.3 Å². The molecule has 1 N–H and O–H groups in total. The molecule has 0 aliphatic carbocycles. The van der Waals surface area contributed by atoms with Crippen LogP contribution in [0.25, 0.3) is 11.3 Å². The summed E-state index contributed by atoms with van der Waals surface area (Å²) in [5.41, 5.74) is 0.546. The van der Waals surface area contributed by atoms with Gasteiger partial charge in [0.2, 0.25) is 5.91 Å². The second-order valence-electron chi connectivity index (χ2n) is 8.84. The molecule has 1 aromatic carbocycles. The van der Waals surface area contributed by atoms with Gasteiger partial charge in [-0.1, -0.05) is 0 Å². The van der Waals surface area contributed by atoms with Gasteiger partial charge in [0.05, 0.1) is 17.8 Å². The van der Waals surface area contributed by atoms with Crippen LogP contribution in [0.4, 0.5) is 9.18 Å². The molecule has 0 spiro atoms. The molecule has 0 radical (unpaired) electrons. The summed E-state index contributed by atoms with van der Waals surface area (Å²) in [7, 11) is 0. The first kappa shape index (κ1) is 20.8. The van der Waals surface area contributed by atoms with E-state index < -0.39 is 11.7 Å². The zero-order valence-electron chi connectivity index (χ0n) is 17.5. The number of alkyl carbamates (subject to hydrolysis) is 1. The minimum absolute atomic E-state index is 0.142. The van der Waals surface area contributed by atoms with Crippen molar-refractivity contribution in [3.63, 3.8) is 0 Å². The fourth-order valence-electron chi connectivity index (χ4n) is 3.33. The molecule has 1 aromatic heterocycles. The summed E-state index contributed by atoms with van der Waals surface area (Å²) >= 11 is 0. The van der Waals surface area contributed by atoms with Crippen LogP contribution in [0.15, 0.2) is 30.5 Å². The predicted molar refractivity (Wildman–Crippen MR) is 107 cm³/mol. The highest BCUT2D eigenvalue weighted by Crippen LogP contribution is 2.30. The van der Waals surface area contributed by atoms with E-state index in [2.05, 4.69) is 14.9 Å². The van der Waals surface area contributed by atoms with Gasteiger partial charge in [-0.2, -0.15) is 0 Å². The number of nitrogens with one attached hydrogen (secondary N) is 1. The molecule has 29 heavy (non-hydrogen) atoms. The Kier molecular flexibility index (Phi) is 5.38. The summed E-state index contributed by atoms with van der Waals surface area (Å²) in [6, 6.07) is 6.17. The molecule has 7 nitrogen and oxygen atoms in total. The molecule has 0 bridgehead atoms. The third-order valence-corrected chi connectivity index (χ3v) is 4.62. The molecule has 8 heteroatoms. The van der Waals surface area contributed by atoms with Crippen LogP contribution < -0.4 is 5.32 Å². The average Bonchev–Trinajstić information content (AvgIpc) is 3.03. The van der Waals surface area contributed by atoms with Crippen LogP contribution in [0.5, 0.6) is 0 Å². The van der Waals surface area contributed by atoms with Crippen molar-refractivity contribution in [3.05, 3.63) is 42.1 Å². The molecule has 0 fully saturated rings. The Morgan fingerprint density at radius 3 is 2.52 bits per heavy atom. The van der Waals surface area contributed by atoms with Gasteiger partial charge >= 0.3 is 6.09 Å². The number of carbonyl (C=O) groups excluding carboxylic acids is 2. The van der Waals surface area contributed by atoms with Crippen molar-refractivity contribution in [2.45, 2.75) is 52.3 Å². The maximum atomic E-state index is 13.2. The van der Waals surface area contributed by atoms with Crippen molar-refractivity contribution in [1.29, 1.82) is 0 Å². The molecule has 2 heterocycles. The number of hydrogen-bond acceptors (Lipinski definition) is 4. The fraction of sp³-hybridized carbons (Fsp3) is 0.476. The summed E-state index contributed by atoms with van der Waals surface area (Å²) in [5.74, 6) is 0.236. The largest absolute Gasteiger partial charge is 0.444 e. The van der Waals surface area contributed by atoms with Crippen molar-refractivity contribution in [1.82, 2.24) is 19.8 Å². The van der Waals surface area contributed by atoms with Crippen molar-refractivity contribution in [3.8, 4) is 11.3 Å². The lowest BCUT2D eigenvalue weighted by atomic mass is 10.0. The second-order valence-corrected chi connectivity index (χ2v) is 8.84. The molecule has 156 valence electrons. The predicted octanol–water partition coefficient (Wildman–Crippen LogP) is 3.29. The Morgan fingerprint density at radius 2 is 1.90 bits per heavy atom. The molecular weight excluding hydrogens is 375 g/mol. The summed E-state index contributed by atoms with van der Waals surface area (Å²) in [5, 5.41) is 2.51. The molecule has 0 saturated carbocycles. The van der Waals surface area contributed by atoms with Gasteiger partial charge in [0.15, 0.2) is 0 Å². The van der Waals surface area contributed by atoms with Gasteiger partial charge in [-0.05, 0) is 58.9 Å². The van der Waals surface area contributed by atoms with Crippen LogP contribution in [-0.2, 0) is 21.6 Å². The molecule has 1 aliphatic heterocycles. The van der Waals surface area contributed by atoms with E-state index in [1.54, 1.807) is 37.8 Å². The van der Waals surface area contributed by atoms with E-state index in [0.29, 0.717) is 13.1 Å². The number of aromatic nitrogens is 2. The third kappa shape index (κ3) is 4.93. The number of fused-ring (bicyclic) bond motifs is 1. The standard InChI is InChI=1S/C21H27FN4O3/c1-20(2,3)29-19(28)23-10-18(27)25-12-17-24-16(11-26(17)21(4,5)13-25)14-6-8-15(22)9-7-14/h6-9,11H,10,12-13H2,1-5H3,(H,23,28). The van der Waals surface area contributed by atoms with Crippen LogP contribution in [0.1, 0.15) is 40.4 Å². The van der Waals surface area contributed by atoms with Gasteiger partial charge in [-0.3, -0.25) is 4.79 Å². The van der Waals surface area contributed by atoms with E-state index in [4.69, 9.17) is 4.74 Å². The first-order chi connectivity index (χ1) is 13.4. The minimum Gasteiger partial charge on any atom is -0.444 e. The van der Waals surface area contributed by atoms with E-state index in [0.717, 1.165) is 17.1 Å². The van der Waals surface area contributed by atoms with Crippen LogP contribution in [0.2, 0.25) is 0 Å². The highest BCUT2D eigenvalue weighted by molar-refractivity contribution is 5.82. The summed E-state index contributed by atoms with van der Waals surface area (Å²) in [4.78, 5) is 30.8. The summed E-state index contributed by atoms with van der Waals surface area (Å²) in [6.07, 6.45) is 1.31. The van der Waals surface area contributed by atoms with Gasteiger partial charge in [0.1, 0.15) is 23.8 Å². The number of benzene rings is 1. The maximum Gasteiger partial charge on any atom is 0.408 e. The van der Waals surface area contributed by atoms with E-state index in [1.807, 2.05) is 20.0 Å². The van der Waals surface area contributed by atoms with E-state index in [9.17, 15) is 14.0 Å². The molecule has 0 unspecified atom stereocenters. The lowest BCUT2D eigenvalue weighted by Gasteiger charge is -2.39. The number of amides is 2. The van der Waals surface area contributed by atoms with Crippen molar-refractivity contribution in [2.75, 3.05) is 13.1 Å². The zero-order chi connectivity index (χ0) is 21.4. The highest BCUT2D eigenvalue weighted by atomic mass is 19.1.